The molecule has 2 aliphatic carbocycles. The van der Waals surface area contributed by atoms with E-state index in [4.69, 9.17) is 0 Å². The Morgan fingerprint density at radius 1 is 1.20 bits per heavy atom. The number of hydrogen-bond acceptors (Lipinski definition) is 2. The lowest BCUT2D eigenvalue weighted by atomic mass is 9.81. The summed E-state index contributed by atoms with van der Waals surface area (Å²) in [4.78, 5) is 14.9. The fourth-order valence-electron chi connectivity index (χ4n) is 3.14. The number of ketones is 1. The normalized spacial score (nSPS) is 21.5. The molecular formula is C17H24ClNO. The molecule has 1 unspecified atom stereocenters. The molecule has 0 aliphatic heterocycles. The number of benzene rings is 1. The number of nitrogens with zero attached hydrogens (tertiary/aromatic N) is 1. The number of hydrogen-bond donors (Lipinski definition) is 0. The standard InChI is InChI=1S/C17H23NO.ClH/c1-18(12-13-6-7-13)11-10-15-9-8-14-4-2-3-5-16(14)17(15)19;/h2-5,13,15H,6-12H2,1H3;1H. The molecule has 0 amide bonds. The molecule has 20 heavy (non-hydrogen) atoms. The molecule has 3 heteroatoms. The molecule has 0 spiro atoms. The smallest absolute Gasteiger partial charge is 0.166 e. The second kappa shape index (κ2) is 6.73. The van der Waals surface area contributed by atoms with Gasteiger partial charge in [0.1, 0.15) is 0 Å². The van der Waals surface area contributed by atoms with Crippen LogP contribution in [0.15, 0.2) is 24.3 Å². The average Bonchev–Trinajstić information content (AvgIpc) is 3.22. The van der Waals surface area contributed by atoms with Crippen LogP contribution in [0.25, 0.3) is 0 Å². The van der Waals surface area contributed by atoms with Crippen molar-refractivity contribution in [2.75, 3.05) is 20.1 Å². The lowest BCUT2D eigenvalue weighted by Gasteiger charge is -2.25. The Bertz CT molecular complexity index is 470. The largest absolute Gasteiger partial charge is 0.306 e. The number of rotatable bonds is 5. The van der Waals surface area contributed by atoms with E-state index in [1.54, 1.807) is 0 Å². The Morgan fingerprint density at radius 2 is 1.95 bits per heavy atom. The maximum atomic E-state index is 12.4. The van der Waals surface area contributed by atoms with Crippen molar-refractivity contribution < 1.29 is 4.79 Å². The predicted molar refractivity (Wildman–Crippen MR) is 84.7 cm³/mol. The fraction of sp³-hybridized carbons (Fsp3) is 0.588. The molecule has 1 aromatic carbocycles. The molecule has 3 rings (SSSR count). The van der Waals surface area contributed by atoms with Gasteiger partial charge in [-0.3, -0.25) is 4.79 Å². The first kappa shape index (κ1) is 15.5. The first-order chi connectivity index (χ1) is 9.24. The third kappa shape index (κ3) is 3.62. The number of carbonyl (C=O) groups is 1. The summed E-state index contributed by atoms with van der Waals surface area (Å²) in [6.45, 7) is 2.28. The topological polar surface area (TPSA) is 20.3 Å². The molecule has 0 bridgehead atoms. The van der Waals surface area contributed by atoms with E-state index in [9.17, 15) is 4.79 Å². The van der Waals surface area contributed by atoms with E-state index in [1.807, 2.05) is 18.2 Å². The highest BCUT2D eigenvalue weighted by molar-refractivity contribution is 6.00. The maximum Gasteiger partial charge on any atom is 0.166 e. The van der Waals surface area contributed by atoms with Gasteiger partial charge in [0.05, 0.1) is 0 Å². The predicted octanol–water partition coefficient (Wildman–Crippen LogP) is 3.59. The lowest BCUT2D eigenvalue weighted by Crippen LogP contribution is -2.29. The molecule has 0 aromatic heterocycles. The van der Waals surface area contributed by atoms with E-state index in [2.05, 4.69) is 18.0 Å². The summed E-state index contributed by atoms with van der Waals surface area (Å²) in [6, 6.07) is 8.12. The van der Waals surface area contributed by atoms with Gasteiger partial charge < -0.3 is 4.90 Å². The van der Waals surface area contributed by atoms with Crippen molar-refractivity contribution in [1.29, 1.82) is 0 Å². The van der Waals surface area contributed by atoms with Gasteiger partial charge >= 0.3 is 0 Å². The Balaban J connectivity index is 0.00000147. The van der Waals surface area contributed by atoms with Crippen LogP contribution in [0.4, 0.5) is 0 Å². The van der Waals surface area contributed by atoms with Gasteiger partial charge in [0.15, 0.2) is 5.78 Å². The monoisotopic (exact) mass is 293 g/mol. The van der Waals surface area contributed by atoms with E-state index in [0.717, 1.165) is 37.3 Å². The van der Waals surface area contributed by atoms with Crippen LogP contribution in [0.3, 0.4) is 0 Å². The summed E-state index contributed by atoms with van der Waals surface area (Å²) in [5.74, 6) is 1.56. The van der Waals surface area contributed by atoms with E-state index < -0.39 is 0 Å². The highest BCUT2D eigenvalue weighted by atomic mass is 35.5. The zero-order valence-corrected chi connectivity index (χ0v) is 13.0. The third-order valence-electron chi connectivity index (χ3n) is 4.54. The number of carbonyl (C=O) groups excluding carboxylic acids is 1. The molecular weight excluding hydrogens is 270 g/mol. The molecule has 2 nitrogen and oxygen atoms in total. The maximum absolute atomic E-state index is 12.4. The highest BCUT2D eigenvalue weighted by Crippen LogP contribution is 2.30. The number of aryl methyl sites for hydroxylation is 1. The molecule has 1 aromatic rings. The summed E-state index contributed by atoms with van der Waals surface area (Å²) < 4.78 is 0. The molecule has 0 N–H and O–H groups in total. The van der Waals surface area contributed by atoms with Crippen LogP contribution in [0.5, 0.6) is 0 Å². The molecule has 0 radical (unpaired) electrons. The van der Waals surface area contributed by atoms with Crippen molar-refractivity contribution in [2.24, 2.45) is 11.8 Å². The molecule has 1 atom stereocenters. The van der Waals surface area contributed by atoms with Crippen LogP contribution < -0.4 is 0 Å². The Labute approximate surface area is 128 Å². The fourth-order valence-corrected chi connectivity index (χ4v) is 3.14. The molecule has 110 valence electrons. The molecule has 1 fully saturated rings. The van der Waals surface area contributed by atoms with Gasteiger partial charge in [0.25, 0.3) is 0 Å². The summed E-state index contributed by atoms with van der Waals surface area (Å²) in [6.07, 6.45) is 5.93. The van der Waals surface area contributed by atoms with Gasteiger partial charge in [-0.2, -0.15) is 0 Å². The summed E-state index contributed by atoms with van der Waals surface area (Å²) >= 11 is 0. The first-order valence-electron chi connectivity index (χ1n) is 7.54. The van der Waals surface area contributed by atoms with Crippen molar-refractivity contribution in [3.8, 4) is 0 Å². The van der Waals surface area contributed by atoms with Crippen LogP contribution in [0, 0.1) is 11.8 Å². The minimum atomic E-state index is 0. The van der Waals surface area contributed by atoms with Crippen molar-refractivity contribution in [1.82, 2.24) is 4.90 Å². The Hall–Kier alpha value is -0.860. The number of fused-ring (bicyclic) bond motifs is 1. The van der Waals surface area contributed by atoms with Gasteiger partial charge in [-0.15, -0.1) is 12.4 Å². The molecule has 0 heterocycles. The average molecular weight is 294 g/mol. The van der Waals surface area contributed by atoms with E-state index in [-0.39, 0.29) is 18.3 Å². The van der Waals surface area contributed by atoms with Gasteiger partial charge in [0.2, 0.25) is 0 Å². The van der Waals surface area contributed by atoms with Crippen LogP contribution in [0.1, 0.15) is 41.6 Å². The summed E-state index contributed by atoms with van der Waals surface area (Å²) in [5, 5.41) is 0. The van der Waals surface area contributed by atoms with Crippen LogP contribution in [0.2, 0.25) is 0 Å². The third-order valence-corrected chi connectivity index (χ3v) is 4.54. The van der Waals surface area contributed by atoms with Crippen LogP contribution in [-0.2, 0) is 6.42 Å². The van der Waals surface area contributed by atoms with Crippen molar-refractivity contribution >= 4 is 18.2 Å². The molecule has 1 saturated carbocycles. The van der Waals surface area contributed by atoms with Gasteiger partial charge in [0, 0.05) is 18.0 Å². The zero-order chi connectivity index (χ0) is 13.2. The first-order valence-corrected chi connectivity index (χ1v) is 7.54. The van der Waals surface area contributed by atoms with Gasteiger partial charge in [-0.25, -0.2) is 0 Å². The van der Waals surface area contributed by atoms with E-state index >= 15 is 0 Å². The van der Waals surface area contributed by atoms with Crippen molar-refractivity contribution in [3.05, 3.63) is 35.4 Å². The van der Waals surface area contributed by atoms with Crippen LogP contribution in [-0.4, -0.2) is 30.8 Å². The van der Waals surface area contributed by atoms with Gasteiger partial charge in [-0.1, -0.05) is 24.3 Å². The number of Topliss-reactive ketones (excluding diaryl/α,β-unsaturated/α-hetero) is 1. The lowest BCUT2D eigenvalue weighted by molar-refractivity contribution is 0.0885. The molecule has 2 aliphatic rings. The quantitative estimate of drug-likeness (QED) is 0.827. The zero-order valence-electron chi connectivity index (χ0n) is 12.2. The van der Waals surface area contributed by atoms with Crippen LogP contribution >= 0.6 is 12.4 Å². The van der Waals surface area contributed by atoms with E-state index in [1.165, 1.54) is 24.9 Å². The minimum absolute atomic E-state index is 0. The second-order valence-electron chi connectivity index (χ2n) is 6.25. The van der Waals surface area contributed by atoms with E-state index in [0.29, 0.717) is 5.78 Å². The molecule has 0 saturated heterocycles. The minimum Gasteiger partial charge on any atom is -0.306 e. The van der Waals surface area contributed by atoms with Crippen molar-refractivity contribution in [2.45, 2.75) is 32.1 Å². The number of halogens is 1. The summed E-state index contributed by atoms with van der Waals surface area (Å²) in [7, 11) is 2.19. The Kier molecular flexibility index (Phi) is 5.22. The highest BCUT2D eigenvalue weighted by Gasteiger charge is 2.28. The second-order valence-corrected chi connectivity index (χ2v) is 6.25. The summed E-state index contributed by atoms with van der Waals surface area (Å²) in [5.41, 5.74) is 2.22. The SMILES string of the molecule is CN(CCC1CCc2ccccc2C1=O)CC1CC1.Cl. The van der Waals surface area contributed by atoms with Gasteiger partial charge in [-0.05, 0) is 57.2 Å². The Morgan fingerprint density at radius 3 is 2.70 bits per heavy atom. The van der Waals surface area contributed by atoms with Crippen molar-refractivity contribution in [3.63, 3.8) is 0 Å².